The fraction of sp³-hybridized carbons (Fsp3) is 0.222. The molecule has 0 aliphatic heterocycles. The summed E-state index contributed by atoms with van der Waals surface area (Å²) >= 11 is 7.50. The van der Waals surface area contributed by atoms with Gasteiger partial charge < -0.3 is 11.5 Å². The Morgan fingerprint density at radius 2 is 2.07 bits per heavy atom. The Morgan fingerprint density at radius 3 is 2.63 bits per heavy atom. The quantitative estimate of drug-likeness (QED) is 0.652. The van der Waals surface area contributed by atoms with Gasteiger partial charge in [-0.05, 0) is 42.3 Å². The molecule has 9 heteroatoms. The Morgan fingerprint density at radius 1 is 1.33 bits per heavy atom. The second kappa shape index (κ2) is 7.75. The molecule has 2 aromatic heterocycles. The molecule has 1 amide bonds. The van der Waals surface area contributed by atoms with Crippen molar-refractivity contribution in [1.82, 2.24) is 9.78 Å². The van der Waals surface area contributed by atoms with Gasteiger partial charge in [-0.2, -0.15) is 5.10 Å². The van der Waals surface area contributed by atoms with E-state index in [2.05, 4.69) is 5.10 Å². The molecule has 142 valence electrons. The molecule has 0 aliphatic carbocycles. The third-order valence-electron chi connectivity index (χ3n) is 4.36. The van der Waals surface area contributed by atoms with Crippen molar-refractivity contribution in [2.75, 3.05) is 6.54 Å². The fourth-order valence-corrected chi connectivity index (χ4v) is 4.50. The van der Waals surface area contributed by atoms with Gasteiger partial charge in [0.05, 0.1) is 10.6 Å². The van der Waals surface area contributed by atoms with Crippen LogP contribution < -0.4 is 11.5 Å². The van der Waals surface area contributed by atoms with Gasteiger partial charge in [0.1, 0.15) is 4.34 Å². The van der Waals surface area contributed by atoms with E-state index in [1.807, 2.05) is 0 Å². The predicted molar refractivity (Wildman–Crippen MR) is 102 cm³/mol. The smallest absolute Gasteiger partial charge is 0.259 e. The third kappa shape index (κ3) is 3.73. The van der Waals surface area contributed by atoms with E-state index < -0.39 is 17.5 Å². The third-order valence-corrected chi connectivity index (χ3v) is 5.79. The van der Waals surface area contributed by atoms with Crippen LogP contribution >= 0.6 is 22.9 Å². The van der Waals surface area contributed by atoms with Crippen molar-refractivity contribution in [2.45, 2.75) is 12.3 Å². The first kappa shape index (κ1) is 19.5. The maximum Gasteiger partial charge on any atom is 0.259 e. The van der Waals surface area contributed by atoms with Gasteiger partial charge in [-0.1, -0.05) is 17.7 Å². The first-order valence-corrected chi connectivity index (χ1v) is 9.27. The van der Waals surface area contributed by atoms with Gasteiger partial charge in [-0.15, -0.1) is 11.3 Å². The van der Waals surface area contributed by atoms with Crippen molar-refractivity contribution >= 4 is 28.8 Å². The molecule has 27 heavy (non-hydrogen) atoms. The van der Waals surface area contributed by atoms with Crippen LogP contribution in [0, 0.1) is 11.6 Å². The van der Waals surface area contributed by atoms with Crippen molar-refractivity contribution in [3.05, 3.63) is 62.4 Å². The molecule has 0 saturated heterocycles. The molecule has 0 bridgehead atoms. The monoisotopic (exact) mass is 410 g/mol. The molecule has 4 N–H and O–H groups in total. The lowest BCUT2D eigenvalue weighted by Gasteiger charge is -2.18. The van der Waals surface area contributed by atoms with Crippen LogP contribution in [0.2, 0.25) is 4.34 Å². The molecule has 2 heterocycles. The Balaban J connectivity index is 2.13. The molecule has 5 nitrogen and oxygen atoms in total. The molecule has 0 saturated carbocycles. The van der Waals surface area contributed by atoms with Gasteiger partial charge in [0, 0.05) is 24.7 Å². The number of halogens is 3. The molecular formula is C18H17ClF2N4OS. The SMILES string of the molecule is Cn1nccc1-c1c(Cl)sc(C(N)=O)c1[C@@H](CN)Cc1ccc(F)c(F)c1. The molecule has 0 radical (unpaired) electrons. The van der Waals surface area contributed by atoms with Crippen molar-refractivity contribution in [3.8, 4) is 11.3 Å². The molecule has 1 aromatic carbocycles. The van der Waals surface area contributed by atoms with Gasteiger partial charge in [0.25, 0.3) is 5.91 Å². The first-order valence-electron chi connectivity index (χ1n) is 8.07. The van der Waals surface area contributed by atoms with E-state index >= 15 is 0 Å². The number of hydrogen-bond donors (Lipinski definition) is 2. The zero-order chi connectivity index (χ0) is 19.7. The summed E-state index contributed by atoms with van der Waals surface area (Å²) in [6.07, 6.45) is 1.91. The Labute approximate surface area is 163 Å². The maximum atomic E-state index is 13.6. The lowest BCUT2D eigenvalue weighted by atomic mass is 9.88. The van der Waals surface area contributed by atoms with Crippen LogP contribution in [0.15, 0.2) is 30.5 Å². The van der Waals surface area contributed by atoms with Gasteiger partial charge in [-0.3, -0.25) is 9.48 Å². The van der Waals surface area contributed by atoms with Crippen molar-refractivity contribution in [2.24, 2.45) is 18.5 Å². The summed E-state index contributed by atoms with van der Waals surface area (Å²) in [4.78, 5) is 12.3. The maximum absolute atomic E-state index is 13.6. The van der Waals surface area contributed by atoms with Crippen molar-refractivity contribution in [3.63, 3.8) is 0 Å². The highest BCUT2D eigenvalue weighted by Crippen LogP contribution is 2.44. The molecule has 0 spiro atoms. The zero-order valence-corrected chi connectivity index (χ0v) is 16.0. The summed E-state index contributed by atoms with van der Waals surface area (Å²) in [5, 5.41) is 4.14. The average molecular weight is 411 g/mol. The summed E-state index contributed by atoms with van der Waals surface area (Å²) in [5.41, 5.74) is 14.0. The van der Waals surface area contributed by atoms with Crippen LogP contribution in [0.4, 0.5) is 8.78 Å². The Hall–Kier alpha value is -2.29. The fourth-order valence-electron chi connectivity index (χ4n) is 3.10. The van der Waals surface area contributed by atoms with Crippen LogP contribution in [0.25, 0.3) is 11.3 Å². The van der Waals surface area contributed by atoms with Crippen LogP contribution in [-0.4, -0.2) is 22.2 Å². The number of nitrogens with two attached hydrogens (primary N) is 2. The summed E-state index contributed by atoms with van der Waals surface area (Å²) in [6.45, 7) is 0.164. The van der Waals surface area contributed by atoms with Crippen LogP contribution in [-0.2, 0) is 13.5 Å². The van der Waals surface area contributed by atoms with Crippen LogP contribution in [0.3, 0.4) is 0 Å². The number of thiophene rings is 1. The molecule has 0 fully saturated rings. The summed E-state index contributed by atoms with van der Waals surface area (Å²) in [7, 11) is 1.75. The van der Waals surface area contributed by atoms with Crippen molar-refractivity contribution in [1.29, 1.82) is 0 Å². The van der Waals surface area contributed by atoms with Gasteiger partial charge >= 0.3 is 0 Å². The highest BCUT2D eigenvalue weighted by atomic mass is 35.5. The summed E-state index contributed by atoms with van der Waals surface area (Å²) in [6, 6.07) is 5.45. The second-order valence-electron chi connectivity index (χ2n) is 6.08. The highest BCUT2D eigenvalue weighted by molar-refractivity contribution is 7.18. The van der Waals surface area contributed by atoms with E-state index in [0.29, 0.717) is 38.0 Å². The van der Waals surface area contributed by atoms with Gasteiger partial charge in [-0.25, -0.2) is 8.78 Å². The number of primary amides is 1. The number of carbonyl (C=O) groups excluding carboxylic acids is 1. The number of amides is 1. The number of benzene rings is 1. The topological polar surface area (TPSA) is 86.9 Å². The largest absolute Gasteiger partial charge is 0.365 e. The predicted octanol–water partition coefficient (Wildman–Crippen LogP) is 3.46. The van der Waals surface area contributed by atoms with E-state index in [0.717, 1.165) is 23.5 Å². The molecule has 1 atom stereocenters. The second-order valence-corrected chi connectivity index (χ2v) is 7.71. The Kier molecular flexibility index (Phi) is 5.59. The number of rotatable bonds is 6. The van der Waals surface area contributed by atoms with E-state index in [9.17, 15) is 13.6 Å². The minimum atomic E-state index is -0.936. The van der Waals surface area contributed by atoms with Gasteiger partial charge in [0.15, 0.2) is 11.6 Å². The van der Waals surface area contributed by atoms with E-state index in [-0.39, 0.29) is 12.5 Å². The normalized spacial score (nSPS) is 12.3. The zero-order valence-electron chi connectivity index (χ0n) is 14.4. The number of nitrogens with zero attached hydrogens (tertiary/aromatic N) is 2. The molecule has 3 aromatic rings. The van der Waals surface area contributed by atoms with E-state index in [4.69, 9.17) is 23.1 Å². The average Bonchev–Trinajstić information content (AvgIpc) is 3.18. The lowest BCUT2D eigenvalue weighted by Crippen LogP contribution is -2.20. The minimum Gasteiger partial charge on any atom is -0.365 e. The molecular weight excluding hydrogens is 394 g/mol. The van der Waals surface area contributed by atoms with Crippen LogP contribution in [0.1, 0.15) is 26.7 Å². The number of aromatic nitrogens is 2. The highest BCUT2D eigenvalue weighted by Gasteiger charge is 2.28. The first-order chi connectivity index (χ1) is 12.8. The summed E-state index contributed by atoms with van der Waals surface area (Å²) in [5.74, 6) is -2.84. The number of hydrogen-bond acceptors (Lipinski definition) is 4. The molecule has 0 unspecified atom stereocenters. The van der Waals surface area contributed by atoms with Crippen LogP contribution in [0.5, 0.6) is 0 Å². The lowest BCUT2D eigenvalue weighted by molar-refractivity contribution is 0.100. The Bertz CT molecular complexity index is 1000. The van der Waals surface area contributed by atoms with Gasteiger partial charge in [0.2, 0.25) is 0 Å². The number of aryl methyl sites for hydroxylation is 1. The molecule has 0 aliphatic rings. The molecule has 3 rings (SSSR count). The summed E-state index contributed by atoms with van der Waals surface area (Å²) < 4.78 is 28.8. The van der Waals surface area contributed by atoms with E-state index in [1.165, 1.54) is 6.07 Å². The standard InChI is InChI=1S/C18H17ClF2N4OS/c1-25-13(4-5-24-25)15-14(16(18(23)26)27-17(15)19)10(8-22)6-9-2-3-11(20)12(21)7-9/h2-5,7,10H,6,8,22H2,1H3,(H2,23,26)/t10-/m1/s1. The minimum absolute atomic E-state index is 0.164. The van der Waals surface area contributed by atoms with Crippen molar-refractivity contribution < 1.29 is 13.6 Å². The number of carbonyl (C=O) groups is 1. The van der Waals surface area contributed by atoms with E-state index in [1.54, 1.807) is 24.0 Å².